The molecule has 0 saturated heterocycles. The zero-order valence-electron chi connectivity index (χ0n) is 18.1. The maximum absolute atomic E-state index is 13.0. The number of aromatic nitrogens is 1. The van der Waals surface area contributed by atoms with Crippen LogP contribution >= 0.6 is 0 Å². The SMILES string of the molecule is Cc1cc(C)c(S(=O)(=O)Nc2ccc(CN(C(N)=NC#N)c3ccncc3)cc2)c(C)c1. The molecular weight excluding hydrogens is 424 g/mol. The number of nitriles is 1. The Kier molecular flexibility index (Phi) is 6.76. The molecule has 0 aliphatic rings. The summed E-state index contributed by atoms with van der Waals surface area (Å²) in [7, 11) is -3.73. The Balaban J connectivity index is 1.83. The second-order valence-electron chi connectivity index (χ2n) is 7.39. The van der Waals surface area contributed by atoms with E-state index in [1.54, 1.807) is 73.7 Å². The van der Waals surface area contributed by atoms with E-state index in [-0.39, 0.29) is 10.9 Å². The van der Waals surface area contributed by atoms with Crippen molar-refractivity contribution in [2.75, 3.05) is 9.62 Å². The second kappa shape index (κ2) is 9.49. The smallest absolute Gasteiger partial charge is 0.262 e. The van der Waals surface area contributed by atoms with Crippen LogP contribution in [0, 0.1) is 32.2 Å². The number of guanidine groups is 1. The fourth-order valence-electron chi connectivity index (χ4n) is 3.60. The molecule has 0 aliphatic carbocycles. The molecule has 8 nitrogen and oxygen atoms in total. The van der Waals surface area contributed by atoms with Gasteiger partial charge in [0.1, 0.15) is 0 Å². The summed E-state index contributed by atoms with van der Waals surface area (Å²) >= 11 is 0. The lowest BCUT2D eigenvalue weighted by Crippen LogP contribution is -2.36. The van der Waals surface area contributed by atoms with Crippen LogP contribution in [0.2, 0.25) is 0 Å². The molecule has 2 aromatic carbocycles. The highest BCUT2D eigenvalue weighted by molar-refractivity contribution is 7.92. The molecule has 0 bridgehead atoms. The first kappa shape index (κ1) is 22.8. The number of anilines is 2. The number of hydrogen-bond acceptors (Lipinski definition) is 5. The minimum atomic E-state index is -3.73. The van der Waals surface area contributed by atoms with Gasteiger partial charge in [-0.2, -0.15) is 5.26 Å². The second-order valence-corrected chi connectivity index (χ2v) is 9.01. The van der Waals surface area contributed by atoms with Gasteiger partial charge in [-0.05, 0) is 61.7 Å². The zero-order valence-corrected chi connectivity index (χ0v) is 18.9. The van der Waals surface area contributed by atoms with Gasteiger partial charge in [0.2, 0.25) is 12.2 Å². The predicted octanol–water partition coefficient (Wildman–Crippen LogP) is 3.61. The summed E-state index contributed by atoms with van der Waals surface area (Å²) in [5.74, 6) is 0.0498. The van der Waals surface area contributed by atoms with Crippen LogP contribution in [0.25, 0.3) is 0 Å². The van der Waals surface area contributed by atoms with Gasteiger partial charge in [0, 0.05) is 23.8 Å². The lowest BCUT2D eigenvalue weighted by molar-refractivity contribution is 0.600. The summed E-state index contributed by atoms with van der Waals surface area (Å²) in [6.45, 7) is 5.85. The Morgan fingerprint density at radius 3 is 2.25 bits per heavy atom. The van der Waals surface area contributed by atoms with E-state index in [0.29, 0.717) is 23.4 Å². The molecular formula is C23H24N6O2S. The number of aliphatic imine (C=N–C) groups is 1. The number of sulfonamides is 1. The molecule has 0 fully saturated rings. The summed E-state index contributed by atoms with van der Waals surface area (Å²) in [5, 5.41) is 8.87. The Morgan fingerprint density at radius 2 is 1.69 bits per heavy atom. The largest absolute Gasteiger partial charge is 0.369 e. The van der Waals surface area contributed by atoms with Gasteiger partial charge >= 0.3 is 0 Å². The van der Waals surface area contributed by atoms with Crippen LogP contribution in [0.5, 0.6) is 0 Å². The summed E-state index contributed by atoms with van der Waals surface area (Å²) in [4.78, 5) is 9.58. The minimum absolute atomic E-state index is 0.0498. The van der Waals surface area contributed by atoms with Crippen LogP contribution in [0.4, 0.5) is 11.4 Å². The van der Waals surface area contributed by atoms with Crippen LogP contribution in [-0.2, 0) is 16.6 Å². The molecule has 32 heavy (non-hydrogen) atoms. The summed E-state index contributed by atoms with van der Waals surface area (Å²) in [6.07, 6.45) is 4.94. The standard InChI is InChI=1S/C23H24N6O2S/c1-16-12-17(2)22(18(3)13-16)32(30,31)28-20-6-4-19(5-7-20)14-29(23(25)27-15-24)21-8-10-26-11-9-21/h4-13,28H,14H2,1-3H3,(H2,25,27). The molecule has 0 atom stereocenters. The molecule has 9 heteroatoms. The van der Waals surface area contributed by atoms with Crippen molar-refractivity contribution in [3.05, 3.63) is 83.2 Å². The van der Waals surface area contributed by atoms with Crippen LogP contribution in [-0.4, -0.2) is 19.4 Å². The van der Waals surface area contributed by atoms with E-state index in [9.17, 15) is 8.42 Å². The van der Waals surface area contributed by atoms with Crippen LogP contribution in [0.3, 0.4) is 0 Å². The van der Waals surface area contributed by atoms with Gasteiger partial charge < -0.3 is 10.6 Å². The maximum atomic E-state index is 13.0. The molecule has 0 aliphatic heterocycles. The van der Waals surface area contributed by atoms with Crippen molar-refractivity contribution >= 4 is 27.4 Å². The van der Waals surface area contributed by atoms with Crippen molar-refractivity contribution in [2.24, 2.45) is 10.7 Å². The molecule has 0 amide bonds. The van der Waals surface area contributed by atoms with Crippen molar-refractivity contribution in [1.82, 2.24) is 4.98 Å². The van der Waals surface area contributed by atoms with Crippen molar-refractivity contribution in [3.8, 4) is 6.19 Å². The molecule has 3 aromatic rings. The lowest BCUT2D eigenvalue weighted by atomic mass is 10.1. The number of nitrogens with one attached hydrogen (secondary N) is 1. The Bertz CT molecular complexity index is 1260. The number of pyridine rings is 1. The molecule has 164 valence electrons. The first-order valence-corrected chi connectivity index (χ1v) is 11.3. The van der Waals surface area contributed by atoms with E-state index >= 15 is 0 Å². The first-order valence-electron chi connectivity index (χ1n) is 9.80. The first-order chi connectivity index (χ1) is 15.2. The van der Waals surface area contributed by atoms with Gasteiger partial charge in [-0.1, -0.05) is 29.8 Å². The number of nitrogens with two attached hydrogens (primary N) is 1. The fraction of sp³-hybridized carbons (Fsp3) is 0.174. The third-order valence-corrected chi connectivity index (χ3v) is 6.52. The minimum Gasteiger partial charge on any atom is -0.369 e. The van der Waals surface area contributed by atoms with Crippen molar-refractivity contribution in [3.63, 3.8) is 0 Å². The van der Waals surface area contributed by atoms with Crippen molar-refractivity contribution in [1.29, 1.82) is 5.26 Å². The van der Waals surface area contributed by atoms with Crippen LogP contribution < -0.4 is 15.4 Å². The molecule has 0 unspecified atom stereocenters. The van der Waals surface area contributed by atoms with E-state index in [2.05, 4.69) is 14.7 Å². The van der Waals surface area contributed by atoms with Crippen LogP contribution in [0.15, 0.2) is 70.8 Å². The summed E-state index contributed by atoms with van der Waals surface area (Å²) < 4.78 is 28.6. The molecule has 0 radical (unpaired) electrons. The normalized spacial score (nSPS) is 11.6. The third-order valence-electron chi connectivity index (χ3n) is 4.84. The van der Waals surface area contributed by atoms with Crippen molar-refractivity contribution < 1.29 is 8.42 Å². The maximum Gasteiger partial charge on any atom is 0.262 e. The number of benzene rings is 2. The van der Waals surface area contributed by atoms with E-state index in [4.69, 9.17) is 11.0 Å². The average Bonchev–Trinajstić information content (AvgIpc) is 2.72. The topological polar surface area (TPSA) is 124 Å². The Hall–Kier alpha value is -3.90. The fourth-order valence-corrected chi connectivity index (χ4v) is 5.11. The van der Waals surface area contributed by atoms with E-state index in [1.165, 1.54) is 0 Å². The van der Waals surface area contributed by atoms with Gasteiger partial charge in [-0.25, -0.2) is 8.42 Å². The zero-order chi connectivity index (χ0) is 23.3. The summed E-state index contributed by atoms with van der Waals surface area (Å²) in [5.41, 5.74) is 10.4. The quantitative estimate of drug-likeness (QED) is 0.337. The van der Waals surface area contributed by atoms with Gasteiger partial charge in [-0.3, -0.25) is 9.71 Å². The number of nitrogens with zero attached hydrogens (tertiary/aromatic N) is 4. The molecule has 0 spiro atoms. The molecule has 3 N–H and O–H groups in total. The van der Waals surface area contributed by atoms with Gasteiger partial charge in [0.05, 0.1) is 11.4 Å². The highest BCUT2D eigenvalue weighted by Gasteiger charge is 2.20. The van der Waals surface area contributed by atoms with E-state index < -0.39 is 10.0 Å². The van der Waals surface area contributed by atoms with Gasteiger partial charge in [0.15, 0.2) is 0 Å². The van der Waals surface area contributed by atoms with E-state index in [1.807, 2.05) is 19.1 Å². The van der Waals surface area contributed by atoms with Gasteiger partial charge in [0.25, 0.3) is 10.0 Å². The lowest BCUT2D eigenvalue weighted by Gasteiger charge is -2.23. The number of rotatable bonds is 6. The Labute approximate surface area is 188 Å². The number of hydrogen-bond donors (Lipinski definition) is 2. The average molecular weight is 449 g/mol. The van der Waals surface area contributed by atoms with Gasteiger partial charge in [-0.15, -0.1) is 4.99 Å². The molecule has 1 aromatic heterocycles. The third kappa shape index (κ3) is 5.22. The van der Waals surface area contributed by atoms with Crippen LogP contribution in [0.1, 0.15) is 22.3 Å². The van der Waals surface area contributed by atoms with E-state index in [0.717, 1.165) is 16.8 Å². The molecule has 1 heterocycles. The highest BCUT2D eigenvalue weighted by Crippen LogP contribution is 2.25. The Morgan fingerprint density at radius 1 is 1.09 bits per heavy atom. The summed E-state index contributed by atoms with van der Waals surface area (Å²) in [6, 6.07) is 14.2. The predicted molar refractivity (Wildman–Crippen MR) is 126 cm³/mol. The van der Waals surface area contributed by atoms with Crippen molar-refractivity contribution in [2.45, 2.75) is 32.2 Å². The molecule has 0 saturated carbocycles. The monoisotopic (exact) mass is 448 g/mol. The highest BCUT2D eigenvalue weighted by atomic mass is 32.2. The molecule has 3 rings (SSSR count). The number of aryl methyl sites for hydroxylation is 3.